The monoisotopic (exact) mass is 384 g/mol. The smallest absolute Gasteiger partial charge is 0.267 e. The molecule has 0 atom stereocenters. The van der Waals surface area contributed by atoms with Crippen molar-refractivity contribution in [2.75, 3.05) is 18.1 Å². The van der Waals surface area contributed by atoms with E-state index >= 15 is 0 Å². The first-order valence-electron chi connectivity index (χ1n) is 7.97. The zero-order valence-corrected chi connectivity index (χ0v) is 13.8. The van der Waals surface area contributed by atoms with Crippen molar-refractivity contribution in [1.82, 2.24) is 0 Å². The molecule has 1 amide bonds. The number of hydrogen-bond donors (Lipinski definition) is 0. The molecule has 0 fully saturated rings. The van der Waals surface area contributed by atoms with Crippen molar-refractivity contribution in [2.24, 2.45) is 5.16 Å². The molecule has 0 bridgehead atoms. The highest BCUT2D eigenvalue weighted by Gasteiger charge is 2.25. The van der Waals surface area contributed by atoms with Crippen molar-refractivity contribution in [3.05, 3.63) is 64.5 Å². The van der Waals surface area contributed by atoms with Crippen molar-refractivity contribution in [3.63, 3.8) is 0 Å². The van der Waals surface area contributed by atoms with E-state index in [9.17, 15) is 26.7 Å². The van der Waals surface area contributed by atoms with Crippen LogP contribution in [0.3, 0.4) is 0 Å². The quantitative estimate of drug-likeness (QED) is 0.265. The Bertz CT molecular complexity index is 888. The van der Waals surface area contributed by atoms with Gasteiger partial charge in [0.15, 0.2) is 29.9 Å². The Kier molecular flexibility index (Phi) is 5.38. The minimum absolute atomic E-state index is 0.341. The maximum atomic E-state index is 13.5. The Morgan fingerprint density at radius 3 is 2.37 bits per heavy atom. The van der Waals surface area contributed by atoms with Crippen LogP contribution in [-0.2, 0) is 16.1 Å². The fourth-order valence-corrected chi connectivity index (χ4v) is 2.79. The predicted octanol–water partition coefficient (Wildman–Crippen LogP) is 3.71. The fraction of sp³-hybridized carbons (Fsp3) is 0.222. The van der Waals surface area contributed by atoms with E-state index in [0.717, 1.165) is 24.1 Å². The zero-order valence-electron chi connectivity index (χ0n) is 13.8. The first kappa shape index (κ1) is 18.8. The predicted molar refractivity (Wildman–Crippen MR) is 86.9 cm³/mol. The van der Waals surface area contributed by atoms with Crippen LogP contribution in [0.4, 0.5) is 27.6 Å². The van der Waals surface area contributed by atoms with Crippen LogP contribution < -0.4 is 4.90 Å². The molecule has 0 saturated heterocycles. The van der Waals surface area contributed by atoms with Gasteiger partial charge in [-0.15, -0.1) is 0 Å². The number of amides is 1. The molecule has 3 rings (SSSR count). The lowest BCUT2D eigenvalue weighted by Crippen LogP contribution is -2.37. The van der Waals surface area contributed by atoms with E-state index in [4.69, 9.17) is 4.84 Å². The average molecular weight is 384 g/mol. The van der Waals surface area contributed by atoms with E-state index in [1.54, 1.807) is 12.1 Å². The number of carbonyl (C=O) groups is 1. The summed E-state index contributed by atoms with van der Waals surface area (Å²) in [5.41, 5.74) is 0.491. The maximum absolute atomic E-state index is 13.5. The van der Waals surface area contributed by atoms with E-state index in [0.29, 0.717) is 12.8 Å². The summed E-state index contributed by atoms with van der Waals surface area (Å²) >= 11 is 0. The number of aryl methyl sites for hydroxylation is 1. The molecule has 0 unspecified atom stereocenters. The van der Waals surface area contributed by atoms with Crippen LogP contribution >= 0.6 is 0 Å². The lowest BCUT2D eigenvalue weighted by molar-refractivity contribution is -0.123. The number of halogens is 5. The van der Waals surface area contributed by atoms with Crippen LogP contribution in [0.25, 0.3) is 0 Å². The molecular formula is C18H13F5N2O2. The first-order valence-corrected chi connectivity index (χ1v) is 7.97. The average Bonchev–Trinajstić information content (AvgIpc) is 2.69. The van der Waals surface area contributed by atoms with Gasteiger partial charge in [-0.3, -0.25) is 4.79 Å². The largest absolute Gasteiger partial charge is 0.386 e. The lowest BCUT2D eigenvalue weighted by atomic mass is 10.0. The van der Waals surface area contributed by atoms with Gasteiger partial charge >= 0.3 is 0 Å². The van der Waals surface area contributed by atoms with E-state index in [1.807, 2.05) is 12.1 Å². The first-order chi connectivity index (χ1) is 12.9. The summed E-state index contributed by atoms with van der Waals surface area (Å²) in [6.07, 6.45) is 1.93. The molecule has 9 heteroatoms. The Morgan fingerprint density at radius 2 is 1.67 bits per heavy atom. The van der Waals surface area contributed by atoms with Gasteiger partial charge in [0.2, 0.25) is 5.82 Å². The second kappa shape index (κ2) is 7.73. The number of hydrogen-bond acceptors (Lipinski definition) is 3. The van der Waals surface area contributed by atoms with Gasteiger partial charge in [0.05, 0.1) is 11.8 Å². The van der Waals surface area contributed by atoms with Crippen LogP contribution in [0.2, 0.25) is 0 Å². The summed E-state index contributed by atoms with van der Waals surface area (Å²) in [5.74, 6) is -10.9. The van der Waals surface area contributed by atoms with E-state index in [-0.39, 0.29) is 0 Å². The Labute approximate surface area is 150 Å². The number of anilines is 1. The fourth-order valence-electron chi connectivity index (χ4n) is 2.79. The van der Waals surface area contributed by atoms with Gasteiger partial charge in [0.25, 0.3) is 5.91 Å². The molecular weight excluding hydrogens is 371 g/mol. The van der Waals surface area contributed by atoms with Crippen molar-refractivity contribution >= 4 is 17.8 Å². The van der Waals surface area contributed by atoms with Crippen LogP contribution in [0.5, 0.6) is 0 Å². The molecule has 27 heavy (non-hydrogen) atoms. The van der Waals surface area contributed by atoms with Gasteiger partial charge in [-0.05, 0) is 24.5 Å². The second-order valence-corrected chi connectivity index (χ2v) is 5.77. The van der Waals surface area contributed by atoms with Gasteiger partial charge < -0.3 is 9.74 Å². The van der Waals surface area contributed by atoms with Crippen LogP contribution in [-0.4, -0.2) is 25.3 Å². The number of benzene rings is 2. The molecule has 0 aliphatic carbocycles. The van der Waals surface area contributed by atoms with Gasteiger partial charge in [-0.1, -0.05) is 23.4 Å². The van der Waals surface area contributed by atoms with Crippen molar-refractivity contribution in [3.8, 4) is 0 Å². The topological polar surface area (TPSA) is 41.9 Å². The zero-order chi connectivity index (χ0) is 19.6. The summed E-state index contributed by atoms with van der Waals surface area (Å²) in [5, 5.41) is 3.16. The van der Waals surface area contributed by atoms with Crippen LogP contribution in [0.1, 0.15) is 17.5 Å². The number of rotatable bonds is 4. The third-order valence-corrected chi connectivity index (χ3v) is 4.10. The molecule has 0 radical (unpaired) electrons. The standard InChI is InChI=1S/C18H13F5N2O2/c19-14-11(15(20)17(22)18(23)16(14)21)8-24-27-9-13(26)25-7-3-5-10-4-1-2-6-12(10)25/h1-2,4,6,8H,3,5,7,9H2/b24-8-. The van der Waals surface area contributed by atoms with Gasteiger partial charge in [-0.2, -0.15) is 0 Å². The van der Waals surface area contributed by atoms with E-state index in [1.165, 1.54) is 4.90 Å². The molecule has 142 valence electrons. The SMILES string of the molecule is O=C(CO/N=C\c1c(F)c(F)c(F)c(F)c1F)N1CCCc2ccccc21. The molecule has 0 N–H and O–H groups in total. The summed E-state index contributed by atoms with van der Waals surface area (Å²) in [7, 11) is 0. The summed E-state index contributed by atoms with van der Waals surface area (Å²) in [6, 6.07) is 7.33. The highest BCUT2D eigenvalue weighted by Crippen LogP contribution is 2.26. The minimum atomic E-state index is -2.26. The number of nitrogens with zero attached hydrogens (tertiary/aromatic N) is 2. The maximum Gasteiger partial charge on any atom is 0.267 e. The number of oxime groups is 1. The van der Waals surface area contributed by atoms with Crippen LogP contribution in [0.15, 0.2) is 29.4 Å². The van der Waals surface area contributed by atoms with E-state index < -0.39 is 47.2 Å². The normalized spacial score (nSPS) is 13.7. The second-order valence-electron chi connectivity index (χ2n) is 5.77. The molecule has 4 nitrogen and oxygen atoms in total. The Balaban J connectivity index is 1.68. The molecule has 2 aromatic carbocycles. The molecule has 2 aromatic rings. The van der Waals surface area contributed by atoms with Gasteiger partial charge in [0, 0.05) is 12.2 Å². The third-order valence-electron chi connectivity index (χ3n) is 4.10. The number of carbonyl (C=O) groups excluding carboxylic acids is 1. The molecule has 1 aliphatic heterocycles. The number of para-hydroxylation sites is 1. The van der Waals surface area contributed by atoms with Gasteiger partial charge in [-0.25, -0.2) is 22.0 Å². The summed E-state index contributed by atoms with van der Waals surface area (Å²) in [6.45, 7) is -0.0825. The van der Waals surface area contributed by atoms with E-state index in [2.05, 4.69) is 5.16 Å². The highest BCUT2D eigenvalue weighted by atomic mass is 19.2. The molecule has 1 aliphatic rings. The minimum Gasteiger partial charge on any atom is -0.386 e. The third kappa shape index (κ3) is 3.62. The molecule has 0 saturated carbocycles. The summed E-state index contributed by atoms with van der Waals surface area (Å²) < 4.78 is 66.2. The van der Waals surface area contributed by atoms with Crippen molar-refractivity contribution in [1.29, 1.82) is 0 Å². The molecule has 0 aromatic heterocycles. The molecule has 0 spiro atoms. The number of fused-ring (bicyclic) bond motifs is 1. The Morgan fingerprint density at radius 1 is 1.04 bits per heavy atom. The summed E-state index contributed by atoms with van der Waals surface area (Å²) in [4.78, 5) is 18.5. The van der Waals surface area contributed by atoms with Crippen LogP contribution in [0, 0.1) is 29.1 Å². The molecule has 1 heterocycles. The lowest BCUT2D eigenvalue weighted by Gasteiger charge is -2.28. The Hall–Kier alpha value is -2.97. The highest BCUT2D eigenvalue weighted by molar-refractivity contribution is 5.95. The van der Waals surface area contributed by atoms with Crippen molar-refractivity contribution < 1.29 is 31.6 Å². The van der Waals surface area contributed by atoms with Crippen molar-refractivity contribution in [2.45, 2.75) is 12.8 Å². The van der Waals surface area contributed by atoms with Gasteiger partial charge in [0.1, 0.15) is 0 Å².